The molecule has 188 valence electrons. The van der Waals surface area contributed by atoms with Crippen molar-refractivity contribution in [3.05, 3.63) is 161 Å². The molecule has 2 nitrogen and oxygen atoms in total. The first kappa shape index (κ1) is 28.2. The van der Waals surface area contributed by atoms with Crippen LogP contribution < -0.4 is 10.6 Å². The van der Waals surface area contributed by atoms with Crippen molar-refractivity contribution in [3.8, 4) is 5.75 Å². The SMILES string of the molecule is Oc1c(Cc2ccccc2)cc(Cc2ccccc2)cc1Pc1ccccc1C[N-]c1ccccc1.[Cl][Ti+]. The molecule has 0 radical (unpaired) electrons. The van der Waals surface area contributed by atoms with Gasteiger partial charge in [-0.05, 0) is 40.0 Å². The van der Waals surface area contributed by atoms with Gasteiger partial charge in [0.25, 0.3) is 0 Å². The standard InChI is InChI=1S/C33H29NOP.ClH.Ti/c35-33-29(21-26-14-6-2-7-15-26)22-27(20-25-12-4-1-5-13-25)23-32(33)36-31-19-11-10-16-28(31)24-34-30-17-8-3-9-18-30;;/h1-19,22-23,35-36H,20-21,24H2;1H;/q-1;;+2/p-1. The van der Waals surface area contributed by atoms with E-state index in [-0.39, 0.29) is 0 Å². The van der Waals surface area contributed by atoms with Gasteiger partial charge in [-0.2, -0.15) is 0 Å². The molecule has 0 aliphatic rings. The first-order chi connectivity index (χ1) is 18.7. The van der Waals surface area contributed by atoms with E-state index in [1.165, 1.54) is 46.9 Å². The molecule has 0 amide bonds. The number of phenols is 1. The van der Waals surface area contributed by atoms with Gasteiger partial charge in [-0.1, -0.05) is 135 Å². The monoisotopic (exact) mass is 569 g/mol. The summed E-state index contributed by atoms with van der Waals surface area (Å²) in [5, 5.41) is 18.4. The molecule has 0 saturated heterocycles. The van der Waals surface area contributed by atoms with Crippen LogP contribution in [0.15, 0.2) is 127 Å². The van der Waals surface area contributed by atoms with Crippen LogP contribution in [0.25, 0.3) is 5.32 Å². The quantitative estimate of drug-likeness (QED) is 0.141. The Morgan fingerprint density at radius 1 is 0.579 bits per heavy atom. The number of nitrogens with zero attached hydrogens (tertiary/aromatic N) is 1. The van der Waals surface area contributed by atoms with Gasteiger partial charge in [0.2, 0.25) is 0 Å². The number of benzene rings is 5. The molecule has 0 aliphatic carbocycles. The molecule has 0 spiro atoms. The van der Waals surface area contributed by atoms with Crippen molar-refractivity contribution in [2.24, 2.45) is 0 Å². The van der Waals surface area contributed by atoms with E-state index in [2.05, 4.69) is 94.2 Å². The second-order valence-corrected chi connectivity index (χ2v) is 10.2. The van der Waals surface area contributed by atoms with Crippen LogP contribution in [0, 0.1) is 0 Å². The van der Waals surface area contributed by atoms with Gasteiger partial charge in [0.1, 0.15) is 5.75 Å². The number of phenolic OH excluding ortho intramolecular Hbond substituents is 1. The summed E-state index contributed by atoms with van der Waals surface area (Å²) in [5.74, 6) is 0.406. The number of para-hydroxylation sites is 1. The Hall–Kier alpha value is -2.87. The molecular formula is C33H29ClNOPTi. The Balaban J connectivity index is 0.00000164. The summed E-state index contributed by atoms with van der Waals surface area (Å²) in [5.41, 5.74) is 6.83. The molecule has 38 heavy (non-hydrogen) atoms. The van der Waals surface area contributed by atoms with Gasteiger partial charge in [-0.3, -0.25) is 0 Å². The zero-order chi connectivity index (χ0) is 26.6. The Labute approximate surface area is 243 Å². The number of rotatable bonds is 9. The third-order valence-corrected chi connectivity index (χ3v) is 7.62. The molecule has 5 aromatic rings. The zero-order valence-electron chi connectivity index (χ0n) is 21.0. The topological polar surface area (TPSA) is 34.3 Å². The minimum atomic E-state index is 0.346. The molecule has 5 heteroatoms. The fourth-order valence-electron chi connectivity index (χ4n) is 4.38. The number of hydrogen-bond donors (Lipinski definition) is 1. The molecule has 0 heterocycles. The van der Waals surface area contributed by atoms with Crippen LogP contribution in [0.5, 0.6) is 5.75 Å². The molecule has 0 fully saturated rings. The van der Waals surface area contributed by atoms with Gasteiger partial charge in [-0.15, -0.1) is 12.2 Å². The van der Waals surface area contributed by atoms with Crippen molar-refractivity contribution in [2.75, 3.05) is 0 Å². The van der Waals surface area contributed by atoms with E-state index in [0.717, 1.165) is 23.0 Å². The second-order valence-electron chi connectivity index (χ2n) is 8.91. The fraction of sp³-hybridized carbons (Fsp3) is 0.0909. The molecule has 0 saturated carbocycles. The van der Waals surface area contributed by atoms with Crippen molar-refractivity contribution in [2.45, 2.75) is 19.4 Å². The van der Waals surface area contributed by atoms with Crippen molar-refractivity contribution in [1.82, 2.24) is 0 Å². The van der Waals surface area contributed by atoms with E-state index < -0.39 is 0 Å². The molecule has 5 rings (SSSR count). The van der Waals surface area contributed by atoms with Gasteiger partial charge in [-0.25, -0.2) is 0 Å². The minimum absolute atomic E-state index is 0.346. The maximum absolute atomic E-state index is 11.4. The van der Waals surface area contributed by atoms with E-state index in [0.29, 0.717) is 27.3 Å². The molecule has 1 N–H and O–H groups in total. The number of aromatic hydroxyl groups is 1. The number of halogens is 1. The Morgan fingerprint density at radius 3 is 1.79 bits per heavy atom. The van der Waals surface area contributed by atoms with Crippen LogP contribution in [0.1, 0.15) is 27.8 Å². The Bertz CT molecular complexity index is 1420. The molecular weight excluding hydrogens is 541 g/mol. The van der Waals surface area contributed by atoms with Crippen molar-refractivity contribution in [3.63, 3.8) is 0 Å². The van der Waals surface area contributed by atoms with E-state index >= 15 is 0 Å². The zero-order valence-corrected chi connectivity index (χ0v) is 24.3. The van der Waals surface area contributed by atoms with Crippen LogP contribution in [0.4, 0.5) is 5.69 Å². The first-order valence-corrected chi connectivity index (χ1v) is 15.6. The summed E-state index contributed by atoms with van der Waals surface area (Å²) in [6, 6.07) is 43.8. The van der Waals surface area contributed by atoms with Crippen molar-refractivity contribution in [1.29, 1.82) is 0 Å². The van der Waals surface area contributed by atoms with Crippen molar-refractivity contribution < 1.29 is 24.5 Å². The van der Waals surface area contributed by atoms with Crippen LogP contribution in [0.3, 0.4) is 0 Å². The fourth-order valence-corrected chi connectivity index (χ4v) is 5.70. The summed E-state index contributed by atoms with van der Waals surface area (Å²) in [6.07, 6.45) is 1.54. The van der Waals surface area contributed by atoms with Crippen molar-refractivity contribution >= 4 is 34.2 Å². The van der Waals surface area contributed by atoms with Crippen LogP contribution in [0.2, 0.25) is 0 Å². The van der Waals surface area contributed by atoms with Gasteiger partial charge in [0, 0.05) is 11.7 Å². The second kappa shape index (κ2) is 14.9. The van der Waals surface area contributed by atoms with Crippen LogP contribution >= 0.6 is 17.9 Å². The van der Waals surface area contributed by atoms with Gasteiger partial charge >= 0.3 is 28.7 Å². The van der Waals surface area contributed by atoms with E-state index in [1.54, 1.807) is 0 Å². The van der Waals surface area contributed by atoms with E-state index in [9.17, 15) is 5.11 Å². The summed E-state index contributed by atoms with van der Waals surface area (Å²) in [6.45, 7) is 0.620. The Kier molecular flexibility index (Phi) is 11.0. The normalized spacial score (nSPS) is 10.6. The summed E-state index contributed by atoms with van der Waals surface area (Å²) < 4.78 is 0. The average molecular weight is 570 g/mol. The Morgan fingerprint density at radius 2 is 1.13 bits per heavy atom. The number of hydrogen-bond acceptors (Lipinski definition) is 1. The van der Waals surface area contributed by atoms with Gasteiger partial charge in [0.15, 0.2) is 0 Å². The third-order valence-electron chi connectivity index (χ3n) is 6.21. The molecule has 1 atom stereocenters. The molecule has 0 aromatic heterocycles. The van der Waals surface area contributed by atoms with Gasteiger partial charge in [0.05, 0.1) is 0 Å². The third kappa shape index (κ3) is 8.06. The first-order valence-electron chi connectivity index (χ1n) is 12.4. The molecule has 1 unspecified atom stereocenters. The summed E-state index contributed by atoms with van der Waals surface area (Å²) in [7, 11) is 4.98. The van der Waals surface area contributed by atoms with Crippen LogP contribution in [-0.2, 0) is 38.8 Å². The van der Waals surface area contributed by atoms with Crippen LogP contribution in [-0.4, -0.2) is 5.11 Å². The molecule has 0 bridgehead atoms. The molecule has 0 aliphatic heterocycles. The predicted octanol–water partition coefficient (Wildman–Crippen LogP) is 8.10. The van der Waals surface area contributed by atoms with E-state index in [1.807, 2.05) is 42.5 Å². The maximum atomic E-state index is 11.4. The summed E-state index contributed by atoms with van der Waals surface area (Å²) >= 11 is 1.47. The average Bonchev–Trinajstić information content (AvgIpc) is 2.98. The summed E-state index contributed by atoms with van der Waals surface area (Å²) in [4.78, 5) is 0. The van der Waals surface area contributed by atoms with Gasteiger partial charge < -0.3 is 10.4 Å². The van der Waals surface area contributed by atoms with E-state index in [4.69, 9.17) is 5.32 Å². The predicted molar refractivity (Wildman–Crippen MR) is 160 cm³/mol. The molecule has 5 aromatic carbocycles.